The lowest BCUT2D eigenvalue weighted by Gasteiger charge is -1.95. The van der Waals surface area contributed by atoms with Crippen LogP contribution in [0.5, 0.6) is 0 Å². The molecule has 48 valence electrons. The lowest BCUT2D eigenvalue weighted by atomic mass is 10.7. The van der Waals surface area contributed by atoms with Gasteiger partial charge in [0.05, 0.1) is 0 Å². The van der Waals surface area contributed by atoms with Crippen molar-refractivity contribution in [1.82, 2.24) is 10.9 Å². The summed E-state index contributed by atoms with van der Waals surface area (Å²) in [6.45, 7) is 0. The molecule has 0 spiro atoms. The van der Waals surface area contributed by atoms with E-state index in [1.54, 1.807) is 16.8 Å². The molecule has 0 aromatic heterocycles. The van der Waals surface area contributed by atoms with Gasteiger partial charge in [-0.25, -0.2) is 10.2 Å². The van der Waals surface area contributed by atoms with Gasteiger partial charge in [-0.2, -0.15) is 0 Å². The van der Waals surface area contributed by atoms with Crippen LogP contribution < -0.4 is 10.9 Å². The predicted octanol–water partition coefficient (Wildman–Crippen LogP) is -1.08. The molecule has 0 aliphatic rings. The largest absolute Gasteiger partial charge is 0.464 e. The first-order valence-corrected chi connectivity index (χ1v) is 1.92. The highest BCUT2D eigenvalue weighted by molar-refractivity contribution is 5.93. The maximum Gasteiger partial charge on any atom is 0.423 e. The van der Waals surface area contributed by atoms with E-state index in [9.17, 15) is 9.59 Å². The summed E-state index contributed by atoms with van der Waals surface area (Å²) in [5.41, 5.74) is 3.28. The quantitative estimate of drug-likeness (QED) is 0.287. The van der Waals surface area contributed by atoms with Crippen molar-refractivity contribution in [3.8, 4) is 12.3 Å². The van der Waals surface area contributed by atoms with E-state index >= 15 is 0 Å². The Kier molecular flexibility index (Phi) is 2.69. The first kappa shape index (κ1) is 7.30. The number of nitrogens with one attached hydrogen (secondary N) is 2. The second kappa shape index (κ2) is 3.32. The fourth-order valence-corrected chi connectivity index (χ4v) is 0.146. The number of hydrogen-bond donors (Lipinski definition) is 3. The fourth-order valence-electron chi connectivity index (χ4n) is 0.146. The van der Waals surface area contributed by atoms with E-state index in [1.807, 2.05) is 0 Å². The summed E-state index contributed by atoms with van der Waals surface area (Å²) < 4.78 is 0. The number of hydrazine groups is 1. The highest BCUT2D eigenvalue weighted by Gasteiger charge is 1.94. The Morgan fingerprint density at radius 2 is 2.00 bits per heavy atom. The monoisotopic (exact) mass is 128 g/mol. The van der Waals surface area contributed by atoms with E-state index in [-0.39, 0.29) is 0 Å². The lowest BCUT2D eigenvalue weighted by Crippen LogP contribution is -2.39. The first-order chi connectivity index (χ1) is 4.16. The maximum atomic E-state index is 10.0. The van der Waals surface area contributed by atoms with Gasteiger partial charge in [-0.15, -0.1) is 6.42 Å². The summed E-state index contributed by atoms with van der Waals surface area (Å²) >= 11 is 0. The molecule has 5 heteroatoms. The fraction of sp³-hybridized carbons (Fsp3) is 0. The summed E-state index contributed by atoms with van der Waals surface area (Å²) in [5, 5.41) is 7.86. The van der Waals surface area contributed by atoms with Gasteiger partial charge in [0.25, 0.3) is 0 Å². The van der Waals surface area contributed by atoms with Crippen molar-refractivity contribution in [3.63, 3.8) is 0 Å². The van der Waals surface area contributed by atoms with Crippen molar-refractivity contribution < 1.29 is 14.7 Å². The standard InChI is InChI=1S/C4H4N2O3/c1-2-3(7)5-6-4(8)9/h1,6H,(H,5,7)(H,8,9). The van der Waals surface area contributed by atoms with Crippen LogP contribution in [0.15, 0.2) is 0 Å². The van der Waals surface area contributed by atoms with Crippen LogP contribution in [-0.2, 0) is 4.79 Å². The van der Waals surface area contributed by atoms with Crippen molar-refractivity contribution in [2.45, 2.75) is 0 Å². The lowest BCUT2D eigenvalue weighted by molar-refractivity contribution is -0.116. The van der Waals surface area contributed by atoms with E-state index in [0.29, 0.717) is 0 Å². The zero-order valence-electron chi connectivity index (χ0n) is 4.34. The van der Waals surface area contributed by atoms with Crippen molar-refractivity contribution in [2.75, 3.05) is 0 Å². The molecule has 0 aliphatic carbocycles. The molecule has 9 heavy (non-hydrogen) atoms. The van der Waals surface area contributed by atoms with Crippen LogP contribution >= 0.6 is 0 Å². The number of amides is 2. The molecule has 3 N–H and O–H groups in total. The van der Waals surface area contributed by atoms with Crippen LogP contribution in [0.3, 0.4) is 0 Å². The summed E-state index contributed by atoms with van der Waals surface area (Å²) in [6, 6.07) is 0. The topological polar surface area (TPSA) is 78.4 Å². The Bertz CT molecular complexity index is 169. The van der Waals surface area contributed by atoms with Crippen LogP contribution in [0.1, 0.15) is 0 Å². The molecule has 0 radical (unpaired) electrons. The Hall–Kier alpha value is -1.70. The van der Waals surface area contributed by atoms with Crippen molar-refractivity contribution >= 4 is 12.0 Å². The molecule has 0 atom stereocenters. The molecule has 0 aromatic carbocycles. The average Bonchev–Trinajstić information content (AvgIpc) is 1.83. The molecule has 0 saturated carbocycles. The minimum absolute atomic E-state index is 0.822. The molecule has 0 aliphatic heterocycles. The van der Waals surface area contributed by atoms with E-state index in [2.05, 4.69) is 6.42 Å². The highest BCUT2D eigenvalue weighted by Crippen LogP contribution is 1.55. The van der Waals surface area contributed by atoms with Gasteiger partial charge in [0.1, 0.15) is 0 Å². The SMILES string of the molecule is C#CC(=O)NNC(=O)O. The predicted molar refractivity (Wildman–Crippen MR) is 28.1 cm³/mol. The van der Waals surface area contributed by atoms with Gasteiger partial charge >= 0.3 is 12.0 Å². The van der Waals surface area contributed by atoms with E-state index < -0.39 is 12.0 Å². The van der Waals surface area contributed by atoms with E-state index in [0.717, 1.165) is 0 Å². The van der Waals surface area contributed by atoms with E-state index in [4.69, 9.17) is 5.11 Å². The summed E-state index contributed by atoms with van der Waals surface area (Å²) in [6.07, 6.45) is 3.20. The minimum Gasteiger partial charge on any atom is -0.464 e. The third kappa shape index (κ3) is 4.15. The molecule has 0 aromatic rings. The zero-order chi connectivity index (χ0) is 7.28. The zero-order valence-corrected chi connectivity index (χ0v) is 4.34. The van der Waals surface area contributed by atoms with Gasteiger partial charge in [-0.3, -0.25) is 10.2 Å². The van der Waals surface area contributed by atoms with Crippen LogP contribution in [-0.4, -0.2) is 17.1 Å². The minimum atomic E-state index is -1.36. The van der Waals surface area contributed by atoms with Crippen LogP contribution in [0.4, 0.5) is 4.79 Å². The third-order valence-corrected chi connectivity index (χ3v) is 0.414. The number of terminal acetylenes is 1. The average molecular weight is 128 g/mol. The maximum absolute atomic E-state index is 10.0. The number of hydrogen-bond acceptors (Lipinski definition) is 2. The third-order valence-electron chi connectivity index (χ3n) is 0.414. The molecule has 0 bridgehead atoms. The molecule has 0 heterocycles. The Morgan fingerprint density at radius 1 is 1.44 bits per heavy atom. The van der Waals surface area contributed by atoms with Gasteiger partial charge in [0.15, 0.2) is 0 Å². The number of carboxylic acid groups (broad SMARTS) is 1. The number of carbonyl (C=O) groups is 2. The molecular formula is C4H4N2O3. The van der Waals surface area contributed by atoms with E-state index in [1.165, 1.54) is 0 Å². The first-order valence-electron chi connectivity index (χ1n) is 1.92. The second-order valence-electron chi connectivity index (χ2n) is 1.03. The van der Waals surface area contributed by atoms with Gasteiger partial charge in [-0.1, -0.05) is 0 Å². The summed E-state index contributed by atoms with van der Waals surface area (Å²) in [7, 11) is 0. The van der Waals surface area contributed by atoms with Crippen molar-refractivity contribution in [1.29, 1.82) is 0 Å². The smallest absolute Gasteiger partial charge is 0.423 e. The van der Waals surface area contributed by atoms with Crippen molar-refractivity contribution in [2.24, 2.45) is 0 Å². The van der Waals surface area contributed by atoms with Gasteiger partial charge in [0.2, 0.25) is 0 Å². The Labute approximate surface area is 51.0 Å². The summed E-state index contributed by atoms with van der Waals surface area (Å²) in [4.78, 5) is 19.7. The highest BCUT2D eigenvalue weighted by atomic mass is 16.4. The van der Waals surface area contributed by atoms with Crippen LogP contribution in [0, 0.1) is 12.3 Å². The molecule has 0 rings (SSSR count). The van der Waals surface area contributed by atoms with Gasteiger partial charge in [0, 0.05) is 0 Å². The Morgan fingerprint density at radius 3 is 2.33 bits per heavy atom. The van der Waals surface area contributed by atoms with Crippen LogP contribution in [0.25, 0.3) is 0 Å². The number of rotatable bonds is 0. The molecular weight excluding hydrogens is 124 g/mol. The molecule has 5 nitrogen and oxygen atoms in total. The molecule has 2 amide bonds. The number of carbonyl (C=O) groups excluding carboxylic acids is 1. The molecule has 0 fully saturated rings. The molecule has 0 saturated heterocycles. The second-order valence-corrected chi connectivity index (χ2v) is 1.03. The van der Waals surface area contributed by atoms with Gasteiger partial charge in [-0.05, 0) is 5.92 Å². The van der Waals surface area contributed by atoms with Gasteiger partial charge < -0.3 is 5.11 Å². The Balaban J connectivity index is 3.43. The van der Waals surface area contributed by atoms with Crippen molar-refractivity contribution in [3.05, 3.63) is 0 Å². The summed E-state index contributed by atoms with van der Waals surface area (Å²) in [5.74, 6) is 0.823. The van der Waals surface area contributed by atoms with Crippen LogP contribution in [0.2, 0.25) is 0 Å². The molecule has 0 unspecified atom stereocenters. The normalized spacial score (nSPS) is 7.00.